The van der Waals surface area contributed by atoms with Gasteiger partial charge in [0, 0.05) is 38.4 Å². The lowest BCUT2D eigenvalue weighted by atomic mass is 10.0. The number of aryl methyl sites for hydroxylation is 2. The summed E-state index contributed by atoms with van der Waals surface area (Å²) >= 11 is 0. The van der Waals surface area contributed by atoms with Crippen LogP contribution in [0, 0.1) is 13.8 Å². The Morgan fingerprint density at radius 2 is 2.06 bits per heavy atom. The third-order valence-electron chi connectivity index (χ3n) is 3.51. The molecule has 0 saturated heterocycles. The molecule has 0 bridgehead atoms. The molecular weight excluding hydrogens is 222 g/mol. The molecule has 0 unspecified atom stereocenters. The van der Waals surface area contributed by atoms with E-state index in [9.17, 15) is 0 Å². The first-order valence-corrected chi connectivity index (χ1v) is 6.41. The molecule has 0 amide bonds. The quantitative estimate of drug-likeness (QED) is 0.817. The molecule has 1 heterocycles. The first-order valence-electron chi connectivity index (χ1n) is 6.41. The molecule has 0 aliphatic heterocycles. The maximum absolute atomic E-state index is 4.17. The predicted molar refractivity (Wildman–Crippen MR) is 74.5 cm³/mol. The smallest absolute Gasteiger partial charge is 0.0492 e. The van der Waals surface area contributed by atoms with Crippen molar-refractivity contribution in [2.45, 2.75) is 26.8 Å². The topological polar surface area (TPSA) is 29.9 Å². The molecule has 0 radical (unpaired) electrons. The summed E-state index contributed by atoms with van der Waals surface area (Å²) in [6, 6.07) is 8.55. The maximum Gasteiger partial charge on any atom is 0.0492 e. The van der Waals surface area contributed by atoms with Crippen LogP contribution in [0.5, 0.6) is 0 Å². The Hall–Kier alpha value is -1.61. The third kappa shape index (κ3) is 2.99. The van der Waals surface area contributed by atoms with Gasteiger partial charge in [0.05, 0.1) is 0 Å². The van der Waals surface area contributed by atoms with Crippen LogP contribution in [-0.2, 0) is 20.0 Å². The summed E-state index contributed by atoms with van der Waals surface area (Å²) in [4.78, 5) is 0. The van der Waals surface area contributed by atoms with Gasteiger partial charge in [0.25, 0.3) is 0 Å². The molecule has 2 aromatic rings. The minimum absolute atomic E-state index is 0.936. The Bertz CT molecular complexity index is 514. The second-order valence-corrected chi connectivity index (χ2v) is 4.73. The van der Waals surface area contributed by atoms with E-state index in [1.807, 2.05) is 17.9 Å². The Kier molecular flexibility index (Phi) is 4.15. The molecule has 2 rings (SSSR count). The van der Waals surface area contributed by atoms with Crippen molar-refractivity contribution < 1.29 is 0 Å². The minimum Gasteiger partial charge on any atom is -0.312 e. The second kappa shape index (κ2) is 5.83. The molecule has 0 atom stereocenters. The monoisotopic (exact) mass is 243 g/mol. The zero-order chi connectivity index (χ0) is 13.0. The molecule has 0 fully saturated rings. The summed E-state index contributed by atoms with van der Waals surface area (Å²) in [7, 11) is 1.99. The van der Waals surface area contributed by atoms with Crippen molar-refractivity contribution >= 4 is 0 Å². The van der Waals surface area contributed by atoms with E-state index >= 15 is 0 Å². The van der Waals surface area contributed by atoms with Crippen molar-refractivity contribution in [3.05, 3.63) is 52.8 Å². The molecule has 18 heavy (non-hydrogen) atoms. The second-order valence-electron chi connectivity index (χ2n) is 4.73. The average Bonchev–Trinajstić information content (AvgIpc) is 2.76. The largest absolute Gasteiger partial charge is 0.312 e. The van der Waals surface area contributed by atoms with Crippen molar-refractivity contribution in [1.29, 1.82) is 0 Å². The van der Waals surface area contributed by atoms with Gasteiger partial charge in [0.2, 0.25) is 0 Å². The van der Waals surface area contributed by atoms with E-state index in [1.54, 1.807) is 0 Å². The Labute approximate surface area is 109 Å². The Morgan fingerprint density at radius 1 is 1.22 bits per heavy atom. The SMILES string of the molecule is Cc1cccc(CNCCc2ccnn2C)c1C. The van der Waals surface area contributed by atoms with Crippen LogP contribution < -0.4 is 5.32 Å². The van der Waals surface area contributed by atoms with Gasteiger partial charge in [-0.25, -0.2) is 0 Å². The van der Waals surface area contributed by atoms with Gasteiger partial charge in [-0.2, -0.15) is 5.10 Å². The van der Waals surface area contributed by atoms with Crippen LogP contribution in [0.2, 0.25) is 0 Å². The average molecular weight is 243 g/mol. The fourth-order valence-electron chi connectivity index (χ4n) is 2.09. The number of rotatable bonds is 5. The van der Waals surface area contributed by atoms with Gasteiger partial charge in [0.15, 0.2) is 0 Å². The standard InChI is InChI=1S/C15H21N3/c1-12-5-4-6-14(13(12)2)11-16-9-7-15-8-10-17-18(15)3/h4-6,8,10,16H,7,9,11H2,1-3H3. The van der Waals surface area contributed by atoms with Gasteiger partial charge >= 0.3 is 0 Å². The molecular formula is C15H21N3. The number of benzene rings is 1. The summed E-state index contributed by atoms with van der Waals surface area (Å²) in [5, 5.41) is 7.66. The fraction of sp³-hybridized carbons (Fsp3) is 0.400. The van der Waals surface area contributed by atoms with E-state index in [1.165, 1.54) is 22.4 Å². The molecule has 0 saturated carbocycles. The maximum atomic E-state index is 4.17. The van der Waals surface area contributed by atoms with E-state index < -0.39 is 0 Å². The van der Waals surface area contributed by atoms with Crippen molar-refractivity contribution in [1.82, 2.24) is 15.1 Å². The van der Waals surface area contributed by atoms with Gasteiger partial charge in [-0.3, -0.25) is 4.68 Å². The summed E-state index contributed by atoms with van der Waals surface area (Å²) in [6.07, 6.45) is 2.86. The highest BCUT2D eigenvalue weighted by Crippen LogP contribution is 2.12. The third-order valence-corrected chi connectivity index (χ3v) is 3.51. The van der Waals surface area contributed by atoms with Crippen LogP contribution in [0.1, 0.15) is 22.4 Å². The van der Waals surface area contributed by atoms with Crippen molar-refractivity contribution in [2.24, 2.45) is 7.05 Å². The van der Waals surface area contributed by atoms with Crippen LogP contribution in [0.15, 0.2) is 30.5 Å². The van der Waals surface area contributed by atoms with Gasteiger partial charge in [-0.15, -0.1) is 0 Å². The van der Waals surface area contributed by atoms with Gasteiger partial charge in [-0.1, -0.05) is 18.2 Å². The number of nitrogens with zero attached hydrogens (tertiary/aromatic N) is 2. The molecule has 0 aliphatic rings. The van der Waals surface area contributed by atoms with E-state index in [0.29, 0.717) is 0 Å². The molecule has 0 spiro atoms. The lowest BCUT2D eigenvalue weighted by Gasteiger charge is -2.10. The Morgan fingerprint density at radius 3 is 2.78 bits per heavy atom. The number of hydrogen-bond acceptors (Lipinski definition) is 2. The lowest BCUT2D eigenvalue weighted by molar-refractivity contribution is 0.641. The molecule has 1 aromatic carbocycles. The van der Waals surface area contributed by atoms with Gasteiger partial charge in [-0.05, 0) is 36.6 Å². The molecule has 3 heteroatoms. The normalized spacial score (nSPS) is 10.8. The molecule has 0 aliphatic carbocycles. The van der Waals surface area contributed by atoms with Crippen LogP contribution in [-0.4, -0.2) is 16.3 Å². The minimum atomic E-state index is 0.936. The van der Waals surface area contributed by atoms with E-state index in [4.69, 9.17) is 0 Å². The molecule has 1 N–H and O–H groups in total. The van der Waals surface area contributed by atoms with Crippen molar-refractivity contribution in [3.8, 4) is 0 Å². The Balaban J connectivity index is 1.82. The van der Waals surface area contributed by atoms with Gasteiger partial charge < -0.3 is 5.32 Å². The predicted octanol–water partition coefficient (Wildman–Crippen LogP) is 2.37. The number of hydrogen-bond donors (Lipinski definition) is 1. The zero-order valence-electron chi connectivity index (χ0n) is 11.4. The zero-order valence-corrected chi connectivity index (χ0v) is 11.4. The first-order chi connectivity index (χ1) is 8.68. The van der Waals surface area contributed by atoms with Crippen molar-refractivity contribution in [2.75, 3.05) is 6.54 Å². The van der Waals surface area contributed by atoms with Crippen LogP contribution in [0.3, 0.4) is 0 Å². The highest BCUT2D eigenvalue weighted by atomic mass is 15.3. The molecule has 96 valence electrons. The van der Waals surface area contributed by atoms with E-state index in [0.717, 1.165) is 19.5 Å². The van der Waals surface area contributed by atoms with Crippen molar-refractivity contribution in [3.63, 3.8) is 0 Å². The molecule has 1 aromatic heterocycles. The first kappa shape index (κ1) is 12.8. The van der Waals surface area contributed by atoms with Gasteiger partial charge in [0.1, 0.15) is 0 Å². The summed E-state index contributed by atoms with van der Waals surface area (Å²) in [6.45, 7) is 6.26. The summed E-state index contributed by atoms with van der Waals surface area (Å²) < 4.78 is 1.93. The highest BCUT2D eigenvalue weighted by molar-refractivity contribution is 5.32. The van der Waals surface area contributed by atoms with E-state index in [-0.39, 0.29) is 0 Å². The van der Waals surface area contributed by atoms with Crippen LogP contribution >= 0.6 is 0 Å². The highest BCUT2D eigenvalue weighted by Gasteiger charge is 2.01. The summed E-state index contributed by atoms with van der Waals surface area (Å²) in [5.41, 5.74) is 5.41. The number of nitrogens with one attached hydrogen (secondary N) is 1. The fourth-order valence-corrected chi connectivity index (χ4v) is 2.09. The lowest BCUT2D eigenvalue weighted by Crippen LogP contribution is -2.18. The summed E-state index contributed by atoms with van der Waals surface area (Å²) in [5.74, 6) is 0. The van der Waals surface area contributed by atoms with Crippen LogP contribution in [0.4, 0.5) is 0 Å². The van der Waals surface area contributed by atoms with Crippen LogP contribution in [0.25, 0.3) is 0 Å². The number of aromatic nitrogens is 2. The molecule has 3 nitrogen and oxygen atoms in total. The van der Waals surface area contributed by atoms with E-state index in [2.05, 4.69) is 48.5 Å².